The smallest absolute Gasteiger partial charge is 0.133 e. The van der Waals surface area contributed by atoms with Gasteiger partial charge in [-0.15, -0.1) is 0 Å². The summed E-state index contributed by atoms with van der Waals surface area (Å²) in [5.74, 6) is 1.25. The largest absolute Gasteiger partial charge is 0.457 e. The number of hydrogen-bond acceptors (Lipinski definition) is 2. The summed E-state index contributed by atoms with van der Waals surface area (Å²) in [5, 5.41) is 1.21. The van der Waals surface area contributed by atoms with E-state index in [4.69, 9.17) is 32.7 Å². The minimum absolute atomic E-state index is 0.603. The van der Waals surface area contributed by atoms with Crippen molar-refractivity contribution in [1.82, 2.24) is 0 Å². The van der Waals surface area contributed by atoms with Gasteiger partial charge in [0.25, 0.3) is 0 Å². The van der Waals surface area contributed by atoms with E-state index in [1.54, 1.807) is 12.1 Å². The SMILES string of the molecule is C=C=COc1ccc(Cc2ccc(OC=C=C)cc2Cl)c(Cl)c1. The van der Waals surface area contributed by atoms with Crippen molar-refractivity contribution in [3.8, 4) is 11.5 Å². The molecule has 2 rings (SSSR count). The lowest BCUT2D eigenvalue weighted by molar-refractivity contribution is 0.482. The molecule has 0 aromatic heterocycles. The predicted molar refractivity (Wildman–Crippen MR) is 94.4 cm³/mol. The molecule has 23 heavy (non-hydrogen) atoms. The molecule has 0 aliphatic rings. The molecule has 0 bridgehead atoms. The van der Waals surface area contributed by atoms with E-state index < -0.39 is 0 Å². The van der Waals surface area contributed by atoms with Crippen LogP contribution in [0.25, 0.3) is 0 Å². The molecule has 2 aromatic rings. The van der Waals surface area contributed by atoms with Crippen molar-refractivity contribution in [2.24, 2.45) is 0 Å². The third-order valence-corrected chi connectivity index (χ3v) is 3.69. The van der Waals surface area contributed by atoms with Crippen LogP contribution in [0, 0.1) is 0 Å². The van der Waals surface area contributed by atoms with Crippen LogP contribution in [0.3, 0.4) is 0 Å². The number of rotatable bonds is 6. The Bertz CT molecular complexity index is 732. The second kappa shape index (κ2) is 8.33. The first kappa shape index (κ1) is 17.0. The monoisotopic (exact) mass is 344 g/mol. The summed E-state index contributed by atoms with van der Waals surface area (Å²) in [6, 6.07) is 10.9. The van der Waals surface area contributed by atoms with Crippen molar-refractivity contribution in [2.45, 2.75) is 6.42 Å². The standard InChI is InChI=1S/C19H14Cl2O2/c1-3-9-22-16-7-5-14(18(20)12-16)11-15-6-8-17(13-19(15)21)23-10-4-2/h5-10,12-13H,1-2,11H2. The van der Waals surface area contributed by atoms with Crippen LogP contribution < -0.4 is 9.47 Å². The minimum Gasteiger partial charge on any atom is -0.457 e. The highest BCUT2D eigenvalue weighted by Gasteiger charge is 2.08. The maximum atomic E-state index is 6.29. The van der Waals surface area contributed by atoms with Gasteiger partial charge in [0.1, 0.15) is 24.0 Å². The molecule has 4 heteroatoms. The Labute approximate surface area is 145 Å². The van der Waals surface area contributed by atoms with Gasteiger partial charge in [0.2, 0.25) is 0 Å². The number of ether oxygens (including phenoxy) is 2. The Kier molecular flexibility index (Phi) is 6.17. The van der Waals surface area contributed by atoms with Crippen LogP contribution in [0.1, 0.15) is 11.1 Å². The summed E-state index contributed by atoms with van der Waals surface area (Å²) in [6.07, 6.45) is 3.35. The van der Waals surface area contributed by atoms with Crippen LogP contribution in [0.2, 0.25) is 10.0 Å². The van der Waals surface area contributed by atoms with Crippen molar-refractivity contribution in [3.63, 3.8) is 0 Å². The molecule has 116 valence electrons. The van der Waals surface area contributed by atoms with E-state index in [0.29, 0.717) is 28.0 Å². The first-order valence-electron chi connectivity index (χ1n) is 6.73. The van der Waals surface area contributed by atoms with Gasteiger partial charge < -0.3 is 9.47 Å². The van der Waals surface area contributed by atoms with E-state index in [1.165, 1.54) is 12.5 Å². The van der Waals surface area contributed by atoms with Crippen LogP contribution in [-0.4, -0.2) is 0 Å². The number of halogens is 2. The van der Waals surface area contributed by atoms with Crippen molar-refractivity contribution in [3.05, 3.63) is 94.7 Å². The molecule has 0 saturated carbocycles. The first-order valence-corrected chi connectivity index (χ1v) is 7.48. The fourth-order valence-electron chi connectivity index (χ4n) is 1.91. The van der Waals surface area contributed by atoms with Gasteiger partial charge in [-0.05, 0) is 35.4 Å². The van der Waals surface area contributed by atoms with E-state index >= 15 is 0 Å². The number of benzene rings is 2. The lowest BCUT2D eigenvalue weighted by atomic mass is 10.0. The minimum atomic E-state index is 0.603. The van der Waals surface area contributed by atoms with Gasteiger partial charge in [0, 0.05) is 16.5 Å². The summed E-state index contributed by atoms with van der Waals surface area (Å²) in [7, 11) is 0. The normalized spacial score (nSPS) is 9.48. The molecular weight excluding hydrogens is 331 g/mol. The van der Waals surface area contributed by atoms with E-state index in [1.807, 2.05) is 24.3 Å². The maximum Gasteiger partial charge on any atom is 0.133 e. The Morgan fingerprint density at radius 2 is 1.26 bits per heavy atom. The van der Waals surface area contributed by atoms with E-state index in [9.17, 15) is 0 Å². The first-order chi connectivity index (χ1) is 11.1. The molecule has 0 atom stereocenters. The molecule has 0 fully saturated rings. The third kappa shape index (κ3) is 4.82. The van der Waals surface area contributed by atoms with Crippen molar-refractivity contribution >= 4 is 23.2 Å². The van der Waals surface area contributed by atoms with Crippen LogP contribution in [-0.2, 0) is 6.42 Å². The van der Waals surface area contributed by atoms with Crippen molar-refractivity contribution in [2.75, 3.05) is 0 Å². The lowest BCUT2D eigenvalue weighted by Crippen LogP contribution is -1.92. The molecule has 0 unspecified atom stereocenters. The highest BCUT2D eigenvalue weighted by Crippen LogP contribution is 2.29. The Morgan fingerprint density at radius 1 is 0.826 bits per heavy atom. The van der Waals surface area contributed by atoms with Crippen LogP contribution in [0.4, 0.5) is 0 Å². The van der Waals surface area contributed by atoms with E-state index in [-0.39, 0.29) is 0 Å². The van der Waals surface area contributed by atoms with Crippen molar-refractivity contribution in [1.29, 1.82) is 0 Å². The summed E-state index contributed by atoms with van der Waals surface area (Å²) >= 11 is 12.6. The molecule has 0 spiro atoms. The van der Waals surface area contributed by atoms with Crippen LogP contribution >= 0.6 is 23.2 Å². The number of hydrogen-bond donors (Lipinski definition) is 0. The molecule has 2 nitrogen and oxygen atoms in total. The zero-order valence-electron chi connectivity index (χ0n) is 12.3. The summed E-state index contributed by atoms with van der Waals surface area (Å²) in [4.78, 5) is 0. The highest BCUT2D eigenvalue weighted by atomic mass is 35.5. The zero-order valence-corrected chi connectivity index (χ0v) is 13.8. The summed E-state index contributed by atoms with van der Waals surface area (Å²) in [6.45, 7) is 6.87. The van der Waals surface area contributed by atoms with Gasteiger partial charge in [-0.3, -0.25) is 0 Å². The molecule has 0 aliphatic heterocycles. The lowest BCUT2D eigenvalue weighted by Gasteiger charge is -2.09. The Balaban J connectivity index is 2.18. The second-order valence-electron chi connectivity index (χ2n) is 4.56. The van der Waals surface area contributed by atoms with Gasteiger partial charge >= 0.3 is 0 Å². The molecule has 2 aromatic carbocycles. The Morgan fingerprint density at radius 3 is 1.61 bits per heavy atom. The average Bonchev–Trinajstić information content (AvgIpc) is 2.55. The molecule has 0 radical (unpaired) electrons. The predicted octanol–water partition coefficient (Wildman–Crippen LogP) is 5.94. The van der Waals surface area contributed by atoms with E-state index in [2.05, 4.69) is 24.6 Å². The zero-order chi connectivity index (χ0) is 16.7. The quantitative estimate of drug-likeness (QED) is 0.476. The average molecular weight is 345 g/mol. The molecule has 0 heterocycles. The van der Waals surface area contributed by atoms with E-state index in [0.717, 1.165) is 11.1 Å². The maximum absolute atomic E-state index is 6.29. The summed E-state index contributed by atoms with van der Waals surface area (Å²) < 4.78 is 10.6. The van der Waals surface area contributed by atoms with Crippen LogP contribution in [0.15, 0.2) is 73.5 Å². The van der Waals surface area contributed by atoms with Gasteiger partial charge in [0.05, 0.1) is 0 Å². The van der Waals surface area contributed by atoms with Crippen LogP contribution in [0.5, 0.6) is 11.5 Å². The second-order valence-corrected chi connectivity index (χ2v) is 5.38. The molecule has 0 aliphatic carbocycles. The fraction of sp³-hybridized carbons (Fsp3) is 0.0526. The third-order valence-electron chi connectivity index (χ3n) is 2.99. The molecule has 0 amide bonds. The van der Waals surface area contributed by atoms with Crippen molar-refractivity contribution < 1.29 is 9.47 Å². The van der Waals surface area contributed by atoms with Gasteiger partial charge in [-0.2, -0.15) is 0 Å². The fourth-order valence-corrected chi connectivity index (χ4v) is 2.39. The topological polar surface area (TPSA) is 18.5 Å². The molecule has 0 saturated heterocycles. The summed E-state index contributed by atoms with van der Waals surface area (Å²) in [5.41, 5.74) is 6.97. The van der Waals surface area contributed by atoms with Gasteiger partial charge in [0.15, 0.2) is 0 Å². The Hall–Kier alpha value is -2.34. The van der Waals surface area contributed by atoms with Gasteiger partial charge in [-0.1, -0.05) is 60.0 Å². The molecule has 0 N–H and O–H groups in total. The highest BCUT2D eigenvalue weighted by molar-refractivity contribution is 6.32. The van der Waals surface area contributed by atoms with Gasteiger partial charge in [-0.25, -0.2) is 0 Å². The molecular formula is C19H14Cl2O2.